The first kappa shape index (κ1) is 39.9. The summed E-state index contributed by atoms with van der Waals surface area (Å²) in [5.41, 5.74) is 1.63. The van der Waals surface area contributed by atoms with Gasteiger partial charge >= 0.3 is 35.8 Å². The highest BCUT2D eigenvalue weighted by Crippen LogP contribution is 2.41. The number of ether oxygens (including phenoxy) is 6. The molecular formula is C34H40N2O14S2. The van der Waals surface area contributed by atoms with Gasteiger partial charge in [0, 0.05) is 37.4 Å². The molecule has 0 saturated heterocycles. The third-order valence-corrected chi connectivity index (χ3v) is 10.3. The van der Waals surface area contributed by atoms with Crippen molar-refractivity contribution >= 4 is 80.3 Å². The van der Waals surface area contributed by atoms with E-state index in [1.807, 2.05) is 0 Å². The number of anilines is 2. The van der Waals surface area contributed by atoms with Crippen LogP contribution in [0, 0.1) is 0 Å². The van der Waals surface area contributed by atoms with Crippen LogP contribution in [0.4, 0.5) is 10.0 Å². The molecule has 2 amide bonds. The molecule has 282 valence electrons. The molecule has 2 aromatic heterocycles. The normalized spacial score (nSPS) is 15.1. The fourth-order valence-electron chi connectivity index (χ4n) is 6.07. The summed E-state index contributed by atoms with van der Waals surface area (Å²) < 4.78 is 32.0. The lowest BCUT2D eigenvalue weighted by Crippen LogP contribution is -2.57. The lowest BCUT2D eigenvalue weighted by molar-refractivity contribution is -0.198. The van der Waals surface area contributed by atoms with Crippen LogP contribution in [-0.4, -0.2) is 85.3 Å². The van der Waals surface area contributed by atoms with E-state index in [2.05, 4.69) is 10.6 Å². The van der Waals surface area contributed by atoms with E-state index in [-0.39, 0.29) is 34.3 Å². The molecule has 52 heavy (non-hydrogen) atoms. The highest BCUT2D eigenvalue weighted by atomic mass is 32.1. The van der Waals surface area contributed by atoms with Crippen LogP contribution in [0.3, 0.4) is 0 Å². The molecule has 4 unspecified atom stereocenters. The molecule has 4 atom stereocenters. The van der Waals surface area contributed by atoms with Gasteiger partial charge < -0.3 is 39.1 Å². The summed E-state index contributed by atoms with van der Waals surface area (Å²) in [6, 6.07) is 0. The Morgan fingerprint density at radius 2 is 0.904 bits per heavy atom. The molecule has 16 nitrogen and oxygen atoms in total. The summed E-state index contributed by atoms with van der Waals surface area (Å²) in [5, 5.41) is 5.27. The highest BCUT2D eigenvalue weighted by Gasteiger charge is 2.50. The molecule has 0 aliphatic heterocycles. The van der Waals surface area contributed by atoms with Gasteiger partial charge in [-0.05, 0) is 63.5 Å². The molecule has 18 heteroatoms. The second-order valence-corrected chi connectivity index (χ2v) is 14.0. The summed E-state index contributed by atoms with van der Waals surface area (Å²) >= 11 is 2.23. The van der Waals surface area contributed by atoms with E-state index in [0.29, 0.717) is 36.8 Å². The Hall–Kier alpha value is -4.84. The zero-order chi connectivity index (χ0) is 38.3. The van der Waals surface area contributed by atoms with Crippen LogP contribution in [0.1, 0.15) is 96.0 Å². The number of fused-ring (bicyclic) bond motifs is 2. The van der Waals surface area contributed by atoms with Crippen LogP contribution >= 0.6 is 22.7 Å². The van der Waals surface area contributed by atoms with Crippen LogP contribution in [0.5, 0.6) is 0 Å². The third-order valence-electron chi connectivity index (χ3n) is 7.90. The van der Waals surface area contributed by atoms with E-state index >= 15 is 0 Å². The van der Waals surface area contributed by atoms with Gasteiger partial charge in [-0.3, -0.25) is 28.8 Å². The first-order chi connectivity index (χ1) is 24.7. The monoisotopic (exact) mass is 764 g/mol. The lowest BCUT2D eigenvalue weighted by atomic mass is 10.00. The Morgan fingerprint density at radius 1 is 0.558 bits per heavy atom. The minimum absolute atomic E-state index is 0.0560. The average molecular weight is 765 g/mol. The van der Waals surface area contributed by atoms with Gasteiger partial charge in [0.2, 0.25) is 12.2 Å². The summed E-state index contributed by atoms with van der Waals surface area (Å²) in [6.45, 7) is 7.17. The largest absolute Gasteiger partial charge is 0.462 e. The van der Waals surface area contributed by atoms with Gasteiger partial charge in [0.25, 0.3) is 11.8 Å². The molecule has 0 radical (unpaired) electrons. The standard InChI is InChI=1S/C34H40N2O14S2/c1-7-45-33(43)23-19-11-9-13-21(19)51-31(23)35-29(41)27(49-17(5)39)25(47-15(3)37)26(48-16(4)38)28(50-18(6)40)30(42)36-32-24(34(44)46-8-2)20-12-10-14-22(20)52-32/h25-28H,7-14H2,1-6H3,(H,35,41)(H,36,42). The van der Waals surface area contributed by atoms with Crippen molar-refractivity contribution in [2.75, 3.05) is 23.8 Å². The van der Waals surface area contributed by atoms with Crippen LogP contribution in [0.2, 0.25) is 0 Å². The number of nitrogens with one attached hydrogen (secondary N) is 2. The third kappa shape index (κ3) is 9.33. The quantitative estimate of drug-likeness (QED) is 0.196. The number of aryl methyl sites for hydroxylation is 2. The number of hydrogen-bond acceptors (Lipinski definition) is 16. The minimum atomic E-state index is -2.13. The maximum absolute atomic E-state index is 14.1. The van der Waals surface area contributed by atoms with Crippen LogP contribution in [-0.2, 0) is 82.9 Å². The van der Waals surface area contributed by atoms with Crippen molar-refractivity contribution in [3.8, 4) is 0 Å². The summed E-state index contributed by atoms with van der Waals surface area (Å²) in [6.07, 6.45) is -4.51. The van der Waals surface area contributed by atoms with Crippen molar-refractivity contribution in [2.45, 2.75) is 104 Å². The van der Waals surface area contributed by atoms with E-state index in [1.165, 1.54) is 0 Å². The lowest BCUT2D eigenvalue weighted by Gasteiger charge is -2.34. The molecule has 2 aliphatic carbocycles. The fourth-order valence-corrected chi connectivity index (χ4v) is 8.63. The van der Waals surface area contributed by atoms with E-state index < -0.39 is 72.0 Å². The molecule has 2 heterocycles. The van der Waals surface area contributed by atoms with E-state index in [9.17, 15) is 38.4 Å². The fraction of sp³-hybridized carbons (Fsp3) is 0.529. The number of amides is 2. The second kappa shape index (κ2) is 17.6. The second-order valence-electron chi connectivity index (χ2n) is 11.8. The summed E-state index contributed by atoms with van der Waals surface area (Å²) in [5.74, 6) is -7.85. The van der Waals surface area contributed by atoms with Crippen molar-refractivity contribution in [3.63, 3.8) is 0 Å². The Labute approximate surface area is 306 Å². The smallest absolute Gasteiger partial charge is 0.341 e. The van der Waals surface area contributed by atoms with E-state index in [1.54, 1.807) is 13.8 Å². The van der Waals surface area contributed by atoms with Crippen molar-refractivity contribution in [2.24, 2.45) is 0 Å². The molecule has 0 fully saturated rings. The number of thiophene rings is 2. The summed E-state index contributed by atoms with van der Waals surface area (Å²) in [4.78, 5) is 106. The maximum Gasteiger partial charge on any atom is 0.341 e. The molecule has 0 saturated carbocycles. The highest BCUT2D eigenvalue weighted by molar-refractivity contribution is 7.17. The Bertz CT molecular complexity index is 1640. The Morgan fingerprint density at radius 3 is 1.21 bits per heavy atom. The zero-order valence-electron chi connectivity index (χ0n) is 29.5. The van der Waals surface area contributed by atoms with Gasteiger partial charge in [-0.15, -0.1) is 22.7 Å². The average Bonchev–Trinajstić information content (AvgIpc) is 3.82. The molecule has 4 rings (SSSR count). The van der Waals surface area contributed by atoms with E-state index in [4.69, 9.17) is 28.4 Å². The molecule has 0 spiro atoms. The molecular weight excluding hydrogens is 725 g/mol. The van der Waals surface area contributed by atoms with Crippen LogP contribution < -0.4 is 10.6 Å². The first-order valence-electron chi connectivity index (χ1n) is 16.6. The molecule has 2 aliphatic rings. The molecule has 2 aromatic rings. The van der Waals surface area contributed by atoms with Crippen LogP contribution in [0.25, 0.3) is 0 Å². The predicted molar refractivity (Wildman–Crippen MR) is 184 cm³/mol. The number of rotatable bonds is 15. The van der Waals surface area contributed by atoms with Crippen molar-refractivity contribution < 1.29 is 66.8 Å². The van der Waals surface area contributed by atoms with E-state index in [0.717, 1.165) is 73.0 Å². The van der Waals surface area contributed by atoms with Crippen molar-refractivity contribution in [1.29, 1.82) is 0 Å². The molecule has 0 bridgehead atoms. The first-order valence-corrected chi connectivity index (χ1v) is 18.2. The molecule has 0 aromatic carbocycles. The van der Waals surface area contributed by atoms with Gasteiger partial charge in [0.15, 0.2) is 12.2 Å². The van der Waals surface area contributed by atoms with Gasteiger partial charge in [0.1, 0.15) is 10.0 Å². The zero-order valence-corrected chi connectivity index (χ0v) is 31.1. The van der Waals surface area contributed by atoms with Gasteiger partial charge in [-0.2, -0.15) is 0 Å². The Kier molecular flexibility index (Phi) is 13.5. The summed E-state index contributed by atoms with van der Waals surface area (Å²) in [7, 11) is 0. The number of carbonyl (C=O) groups excluding carboxylic acids is 8. The van der Waals surface area contributed by atoms with Crippen molar-refractivity contribution in [1.82, 2.24) is 0 Å². The van der Waals surface area contributed by atoms with Crippen molar-refractivity contribution in [3.05, 3.63) is 32.0 Å². The van der Waals surface area contributed by atoms with Gasteiger partial charge in [-0.25, -0.2) is 9.59 Å². The molecule has 2 N–H and O–H groups in total. The maximum atomic E-state index is 14.1. The Balaban J connectivity index is 1.78. The van der Waals surface area contributed by atoms with Gasteiger partial charge in [-0.1, -0.05) is 0 Å². The number of hydrogen-bond donors (Lipinski definition) is 2. The van der Waals surface area contributed by atoms with Crippen LogP contribution in [0.15, 0.2) is 0 Å². The number of carbonyl (C=O) groups is 8. The topological polar surface area (TPSA) is 216 Å². The predicted octanol–water partition coefficient (Wildman–Crippen LogP) is 3.44. The minimum Gasteiger partial charge on any atom is -0.462 e. The SMILES string of the molecule is CCOC(=O)c1c(NC(=O)C(OC(C)=O)C(OC(C)=O)C(OC(C)=O)C(OC(C)=O)C(=O)Nc2sc3c(c2C(=O)OCC)CCC3)sc2c1CCC2. The van der Waals surface area contributed by atoms with Gasteiger partial charge in [0.05, 0.1) is 24.3 Å². The number of esters is 6.